The first-order valence-electron chi connectivity index (χ1n) is 9.17. The number of hydrogen-bond acceptors (Lipinski definition) is 5. The van der Waals surface area contributed by atoms with Crippen LogP contribution < -0.4 is 4.74 Å². The lowest BCUT2D eigenvalue weighted by Gasteiger charge is -2.20. The second kappa shape index (κ2) is 8.42. The van der Waals surface area contributed by atoms with E-state index < -0.39 is 17.9 Å². The molecule has 30 heavy (non-hydrogen) atoms. The van der Waals surface area contributed by atoms with Crippen LogP contribution in [-0.2, 0) is 4.79 Å². The van der Waals surface area contributed by atoms with Crippen LogP contribution in [0.3, 0.4) is 0 Å². The van der Waals surface area contributed by atoms with Crippen LogP contribution in [0.4, 0.5) is 0 Å². The highest BCUT2D eigenvalue weighted by Gasteiger charge is 2.35. The number of hydrazone groups is 1. The van der Waals surface area contributed by atoms with Crippen molar-refractivity contribution in [2.45, 2.75) is 12.5 Å². The number of benzene rings is 2. The van der Waals surface area contributed by atoms with Crippen LogP contribution in [0.2, 0.25) is 5.02 Å². The van der Waals surface area contributed by atoms with Crippen molar-refractivity contribution in [1.82, 2.24) is 5.01 Å². The third-order valence-corrected chi connectivity index (χ3v) is 4.94. The highest BCUT2D eigenvalue weighted by atomic mass is 35.5. The molecule has 1 amide bonds. The largest absolute Gasteiger partial charge is 0.483 e. The van der Waals surface area contributed by atoms with Gasteiger partial charge in [0, 0.05) is 11.4 Å². The molecule has 0 saturated carbocycles. The average molecular weight is 425 g/mol. The molecule has 1 N–H and O–H groups in total. The number of furan rings is 1. The molecule has 0 saturated heterocycles. The highest BCUT2D eigenvalue weighted by molar-refractivity contribution is 6.30. The van der Waals surface area contributed by atoms with E-state index in [0.29, 0.717) is 22.9 Å². The summed E-state index contributed by atoms with van der Waals surface area (Å²) >= 11 is 5.96. The third kappa shape index (κ3) is 4.06. The van der Waals surface area contributed by atoms with Crippen molar-refractivity contribution in [1.29, 1.82) is 0 Å². The van der Waals surface area contributed by atoms with E-state index >= 15 is 0 Å². The fourth-order valence-electron chi connectivity index (χ4n) is 3.23. The summed E-state index contributed by atoms with van der Waals surface area (Å²) in [6.45, 7) is -0.362. The van der Waals surface area contributed by atoms with Crippen molar-refractivity contribution in [3.05, 3.63) is 88.8 Å². The maximum Gasteiger partial charge on any atom is 0.339 e. The van der Waals surface area contributed by atoms with E-state index in [1.54, 1.807) is 36.4 Å². The molecule has 1 aromatic heterocycles. The zero-order valence-corrected chi connectivity index (χ0v) is 16.5. The Balaban J connectivity index is 1.56. The molecule has 0 spiro atoms. The summed E-state index contributed by atoms with van der Waals surface area (Å²) in [5.41, 5.74) is 1.55. The number of carboxylic acid groups (broad SMARTS) is 1. The Kier molecular flexibility index (Phi) is 5.54. The maximum atomic E-state index is 12.9. The van der Waals surface area contributed by atoms with Crippen LogP contribution in [-0.4, -0.2) is 34.3 Å². The molecule has 0 fully saturated rings. The number of ether oxygens (including phenoxy) is 1. The molecule has 0 bridgehead atoms. The van der Waals surface area contributed by atoms with E-state index in [0.717, 1.165) is 5.56 Å². The molecule has 0 radical (unpaired) electrons. The van der Waals surface area contributed by atoms with Gasteiger partial charge in [-0.15, -0.1) is 0 Å². The standard InChI is InChI=1S/C22H17ClN2O5/c23-15-9-7-14(8-10-15)17-12-18(20-6-3-11-29-20)25(24-17)21(26)13-30-19-5-2-1-4-16(19)22(27)28/h1-11,18H,12-13H2,(H,27,28). The Morgan fingerprint density at radius 1 is 1.13 bits per heavy atom. The Morgan fingerprint density at radius 2 is 1.90 bits per heavy atom. The number of amides is 1. The predicted molar refractivity (Wildman–Crippen MR) is 110 cm³/mol. The lowest BCUT2D eigenvalue weighted by Crippen LogP contribution is -2.31. The summed E-state index contributed by atoms with van der Waals surface area (Å²) in [4.78, 5) is 24.3. The molecular formula is C22H17ClN2O5. The van der Waals surface area contributed by atoms with Gasteiger partial charge in [0.15, 0.2) is 6.61 Å². The number of carbonyl (C=O) groups is 2. The van der Waals surface area contributed by atoms with Gasteiger partial charge in [-0.1, -0.05) is 35.9 Å². The second-order valence-corrected chi connectivity index (χ2v) is 7.05. The van der Waals surface area contributed by atoms with E-state index in [1.165, 1.54) is 23.4 Å². The molecule has 152 valence electrons. The number of hydrogen-bond donors (Lipinski definition) is 1. The van der Waals surface area contributed by atoms with Crippen molar-refractivity contribution < 1.29 is 23.8 Å². The van der Waals surface area contributed by atoms with Crippen molar-refractivity contribution >= 4 is 29.2 Å². The van der Waals surface area contributed by atoms with Gasteiger partial charge in [0.1, 0.15) is 23.1 Å². The van der Waals surface area contributed by atoms with Crippen molar-refractivity contribution in [2.75, 3.05) is 6.61 Å². The average Bonchev–Trinajstić information content (AvgIpc) is 3.42. The van der Waals surface area contributed by atoms with E-state index in [9.17, 15) is 14.7 Å². The van der Waals surface area contributed by atoms with Crippen LogP contribution in [0.1, 0.15) is 34.1 Å². The van der Waals surface area contributed by atoms with E-state index in [1.807, 2.05) is 12.1 Å². The Hall–Kier alpha value is -3.58. The molecule has 8 heteroatoms. The van der Waals surface area contributed by atoms with Gasteiger partial charge in [-0.05, 0) is 42.0 Å². The summed E-state index contributed by atoms with van der Waals surface area (Å²) in [6.07, 6.45) is 2.00. The number of para-hydroxylation sites is 1. The van der Waals surface area contributed by atoms with Crippen molar-refractivity contribution in [3.63, 3.8) is 0 Å². The minimum absolute atomic E-state index is 0.0142. The minimum Gasteiger partial charge on any atom is -0.483 e. The van der Waals surface area contributed by atoms with Gasteiger partial charge in [0.05, 0.1) is 12.0 Å². The van der Waals surface area contributed by atoms with Gasteiger partial charge in [-0.25, -0.2) is 9.80 Å². The SMILES string of the molecule is O=C(O)c1ccccc1OCC(=O)N1N=C(c2ccc(Cl)cc2)CC1c1ccco1. The zero-order valence-electron chi connectivity index (χ0n) is 15.7. The molecule has 2 heterocycles. The van der Waals surface area contributed by atoms with Crippen LogP contribution in [0, 0.1) is 0 Å². The number of halogens is 1. The van der Waals surface area contributed by atoms with Crippen LogP contribution >= 0.6 is 11.6 Å². The quantitative estimate of drug-likeness (QED) is 0.633. The monoisotopic (exact) mass is 424 g/mol. The van der Waals surface area contributed by atoms with Crippen LogP contribution in [0.25, 0.3) is 0 Å². The van der Waals surface area contributed by atoms with E-state index in [2.05, 4.69) is 5.10 Å². The minimum atomic E-state index is -1.13. The van der Waals surface area contributed by atoms with Gasteiger partial charge in [-0.2, -0.15) is 5.10 Å². The Morgan fingerprint density at radius 3 is 2.60 bits per heavy atom. The smallest absolute Gasteiger partial charge is 0.339 e. The molecule has 1 aliphatic heterocycles. The lowest BCUT2D eigenvalue weighted by atomic mass is 10.0. The molecule has 2 aromatic carbocycles. The van der Waals surface area contributed by atoms with Crippen molar-refractivity contribution in [2.24, 2.45) is 5.10 Å². The number of carbonyl (C=O) groups excluding carboxylic acids is 1. The summed E-state index contributed by atoms with van der Waals surface area (Å²) in [7, 11) is 0. The summed E-state index contributed by atoms with van der Waals surface area (Å²) in [5, 5.41) is 15.7. The first-order chi connectivity index (χ1) is 14.5. The van der Waals surface area contributed by atoms with Gasteiger partial charge in [-0.3, -0.25) is 4.79 Å². The molecule has 0 aliphatic carbocycles. The molecule has 7 nitrogen and oxygen atoms in total. The van der Waals surface area contributed by atoms with E-state index in [4.69, 9.17) is 20.8 Å². The molecule has 1 aliphatic rings. The first kappa shape index (κ1) is 19.7. The van der Waals surface area contributed by atoms with Crippen molar-refractivity contribution in [3.8, 4) is 5.75 Å². The summed E-state index contributed by atoms with van der Waals surface area (Å²) in [6, 6.07) is 16.5. The van der Waals surface area contributed by atoms with Crippen LogP contribution in [0.5, 0.6) is 5.75 Å². The van der Waals surface area contributed by atoms with Gasteiger partial charge < -0.3 is 14.3 Å². The summed E-state index contributed by atoms with van der Waals surface area (Å²) in [5.74, 6) is -0.827. The first-order valence-corrected chi connectivity index (χ1v) is 9.54. The lowest BCUT2D eigenvalue weighted by molar-refractivity contribution is -0.135. The Labute approximate surface area is 177 Å². The van der Waals surface area contributed by atoms with Crippen LogP contribution in [0.15, 0.2) is 76.4 Å². The van der Waals surface area contributed by atoms with E-state index in [-0.39, 0.29) is 17.9 Å². The third-order valence-electron chi connectivity index (χ3n) is 4.68. The highest BCUT2D eigenvalue weighted by Crippen LogP contribution is 2.33. The molecule has 1 atom stereocenters. The topological polar surface area (TPSA) is 92.3 Å². The number of rotatable bonds is 6. The molecule has 3 aromatic rings. The zero-order chi connectivity index (χ0) is 21.1. The Bertz CT molecular complexity index is 1090. The second-order valence-electron chi connectivity index (χ2n) is 6.62. The van der Waals surface area contributed by atoms with Gasteiger partial charge in [0.2, 0.25) is 0 Å². The fraction of sp³-hybridized carbons (Fsp3) is 0.136. The number of aromatic carboxylic acids is 1. The normalized spacial score (nSPS) is 15.7. The van der Waals surface area contributed by atoms with Gasteiger partial charge >= 0.3 is 5.97 Å². The van der Waals surface area contributed by atoms with Gasteiger partial charge in [0.25, 0.3) is 5.91 Å². The number of carboxylic acids is 1. The maximum absolute atomic E-state index is 12.9. The summed E-state index contributed by atoms with van der Waals surface area (Å²) < 4.78 is 11.0. The molecule has 4 rings (SSSR count). The predicted octanol–water partition coefficient (Wildman–Crippen LogP) is 4.39. The molecular weight excluding hydrogens is 408 g/mol. The fourth-order valence-corrected chi connectivity index (χ4v) is 3.36. The molecule has 1 unspecified atom stereocenters. The number of nitrogens with zero attached hydrogens (tertiary/aromatic N) is 2.